The fourth-order valence-corrected chi connectivity index (χ4v) is 1.78. The standard InChI is InChI=1S/C14H28N2O2/c1-4-13(5-2)11-16-14(18)9-7-6-8-10-15-12(3)17/h13H,4-11H2,1-3H3,(H,15,17)(H,16,18). The van der Waals surface area contributed by atoms with Gasteiger partial charge in [0.15, 0.2) is 0 Å². The Morgan fingerprint density at radius 3 is 2.22 bits per heavy atom. The molecule has 0 bridgehead atoms. The van der Waals surface area contributed by atoms with E-state index in [1.807, 2.05) is 0 Å². The van der Waals surface area contributed by atoms with Crippen molar-refractivity contribution in [1.29, 1.82) is 0 Å². The molecule has 0 fully saturated rings. The molecule has 0 saturated carbocycles. The summed E-state index contributed by atoms with van der Waals surface area (Å²) in [5.74, 6) is 0.771. The normalized spacial score (nSPS) is 10.4. The van der Waals surface area contributed by atoms with E-state index >= 15 is 0 Å². The lowest BCUT2D eigenvalue weighted by atomic mass is 10.0. The third-order valence-electron chi connectivity index (χ3n) is 3.20. The van der Waals surface area contributed by atoms with Gasteiger partial charge in [0.05, 0.1) is 0 Å². The van der Waals surface area contributed by atoms with Gasteiger partial charge in [0, 0.05) is 26.4 Å². The van der Waals surface area contributed by atoms with Gasteiger partial charge in [-0.2, -0.15) is 0 Å². The molecule has 0 atom stereocenters. The summed E-state index contributed by atoms with van der Waals surface area (Å²) < 4.78 is 0. The van der Waals surface area contributed by atoms with E-state index in [4.69, 9.17) is 0 Å². The van der Waals surface area contributed by atoms with Crippen molar-refractivity contribution in [3.8, 4) is 0 Å². The number of nitrogens with one attached hydrogen (secondary N) is 2. The lowest BCUT2D eigenvalue weighted by Crippen LogP contribution is -2.28. The lowest BCUT2D eigenvalue weighted by molar-refractivity contribution is -0.121. The zero-order valence-electron chi connectivity index (χ0n) is 12.1. The molecule has 0 heterocycles. The van der Waals surface area contributed by atoms with Crippen molar-refractivity contribution in [3.05, 3.63) is 0 Å². The van der Waals surface area contributed by atoms with E-state index in [9.17, 15) is 9.59 Å². The third-order valence-corrected chi connectivity index (χ3v) is 3.20. The Morgan fingerprint density at radius 1 is 1.00 bits per heavy atom. The molecule has 0 aromatic rings. The van der Waals surface area contributed by atoms with E-state index < -0.39 is 0 Å². The second kappa shape index (κ2) is 11.1. The van der Waals surface area contributed by atoms with Crippen LogP contribution in [0, 0.1) is 5.92 Å². The molecule has 0 aromatic heterocycles. The zero-order valence-corrected chi connectivity index (χ0v) is 12.1. The number of unbranched alkanes of at least 4 members (excludes halogenated alkanes) is 2. The fourth-order valence-electron chi connectivity index (χ4n) is 1.78. The Morgan fingerprint density at radius 2 is 1.67 bits per heavy atom. The Hall–Kier alpha value is -1.06. The molecule has 18 heavy (non-hydrogen) atoms. The van der Waals surface area contributed by atoms with E-state index in [1.165, 1.54) is 6.92 Å². The van der Waals surface area contributed by atoms with Crippen molar-refractivity contribution >= 4 is 11.8 Å². The lowest BCUT2D eigenvalue weighted by Gasteiger charge is -2.13. The molecule has 0 unspecified atom stereocenters. The Balaban J connectivity index is 3.39. The topological polar surface area (TPSA) is 58.2 Å². The first kappa shape index (κ1) is 16.9. The van der Waals surface area contributed by atoms with Crippen molar-refractivity contribution in [2.24, 2.45) is 5.92 Å². The van der Waals surface area contributed by atoms with Crippen molar-refractivity contribution in [2.75, 3.05) is 13.1 Å². The van der Waals surface area contributed by atoms with Crippen LogP contribution in [0.25, 0.3) is 0 Å². The van der Waals surface area contributed by atoms with Crippen LogP contribution < -0.4 is 10.6 Å². The molecule has 0 spiro atoms. The predicted octanol–water partition coefficient (Wildman–Crippen LogP) is 2.24. The molecule has 0 aliphatic carbocycles. The smallest absolute Gasteiger partial charge is 0.220 e. The Bertz CT molecular complexity index is 238. The van der Waals surface area contributed by atoms with Crippen LogP contribution in [0.4, 0.5) is 0 Å². The molecule has 0 aromatic carbocycles. The summed E-state index contributed by atoms with van der Waals surface area (Å²) in [5.41, 5.74) is 0. The first-order valence-corrected chi connectivity index (χ1v) is 7.11. The molecule has 106 valence electrons. The van der Waals surface area contributed by atoms with E-state index in [2.05, 4.69) is 24.5 Å². The van der Waals surface area contributed by atoms with Gasteiger partial charge in [0.25, 0.3) is 0 Å². The van der Waals surface area contributed by atoms with Gasteiger partial charge in [0.2, 0.25) is 11.8 Å². The monoisotopic (exact) mass is 256 g/mol. The Kier molecular flexibility index (Phi) is 10.4. The van der Waals surface area contributed by atoms with E-state index in [0.717, 1.165) is 38.6 Å². The van der Waals surface area contributed by atoms with Gasteiger partial charge >= 0.3 is 0 Å². The van der Waals surface area contributed by atoms with E-state index in [0.29, 0.717) is 18.9 Å². The van der Waals surface area contributed by atoms with E-state index in [1.54, 1.807) is 0 Å². The minimum Gasteiger partial charge on any atom is -0.356 e. The highest BCUT2D eigenvalue weighted by molar-refractivity contribution is 5.75. The summed E-state index contributed by atoms with van der Waals surface area (Å²) in [5, 5.41) is 5.73. The van der Waals surface area contributed by atoms with Crippen LogP contribution in [0.5, 0.6) is 0 Å². The van der Waals surface area contributed by atoms with Gasteiger partial charge in [-0.25, -0.2) is 0 Å². The summed E-state index contributed by atoms with van der Waals surface area (Å²) in [4.78, 5) is 22.2. The van der Waals surface area contributed by atoms with Crippen LogP contribution in [0.1, 0.15) is 59.3 Å². The number of rotatable bonds is 10. The summed E-state index contributed by atoms with van der Waals surface area (Å²) >= 11 is 0. The average molecular weight is 256 g/mol. The summed E-state index contributed by atoms with van der Waals surface area (Å²) in [7, 11) is 0. The highest BCUT2D eigenvalue weighted by atomic mass is 16.2. The van der Waals surface area contributed by atoms with Crippen molar-refractivity contribution in [3.63, 3.8) is 0 Å². The highest BCUT2D eigenvalue weighted by Gasteiger charge is 2.06. The predicted molar refractivity (Wildman–Crippen MR) is 74.2 cm³/mol. The van der Waals surface area contributed by atoms with Gasteiger partial charge in [-0.15, -0.1) is 0 Å². The van der Waals surface area contributed by atoms with Gasteiger partial charge in [-0.1, -0.05) is 33.1 Å². The maximum Gasteiger partial charge on any atom is 0.220 e. The van der Waals surface area contributed by atoms with Crippen LogP contribution in [0.15, 0.2) is 0 Å². The minimum absolute atomic E-state index is 0.0120. The minimum atomic E-state index is 0.0120. The van der Waals surface area contributed by atoms with Crippen LogP contribution in [0.3, 0.4) is 0 Å². The second-order valence-electron chi connectivity index (χ2n) is 4.78. The maximum absolute atomic E-state index is 11.5. The largest absolute Gasteiger partial charge is 0.356 e. The first-order chi connectivity index (χ1) is 8.60. The SMILES string of the molecule is CCC(CC)CNC(=O)CCCCCNC(C)=O. The number of carbonyl (C=O) groups is 2. The molecule has 0 aliphatic heterocycles. The highest BCUT2D eigenvalue weighted by Crippen LogP contribution is 2.05. The van der Waals surface area contributed by atoms with Gasteiger partial charge < -0.3 is 10.6 Å². The summed E-state index contributed by atoms with van der Waals surface area (Å²) in [6.45, 7) is 7.35. The van der Waals surface area contributed by atoms with Crippen molar-refractivity contribution in [2.45, 2.75) is 59.3 Å². The number of hydrogen-bond donors (Lipinski definition) is 2. The van der Waals surface area contributed by atoms with Gasteiger partial charge in [-0.05, 0) is 18.8 Å². The van der Waals surface area contributed by atoms with Crippen molar-refractivity contribution in [1.82, 2.24) is 10.6 Å². The average Bonchev–Trinajstić information content (AvgIpc) is 2.34. The number of hydrogen-bond acceptors (Lipinski definition) is 2. The molecule has 0 saturated heterocycles. The number of carbonyl (C=O) groups excluding carboxylic acids is 2. The summed E-state index contributed by atoms with van der Waals surface area (Å²) in [6, 6.07) is 0. The van der Waals surface area contributed by atoms with Crippen molar-refractivity contribution < 1.29 is 9.59 Å². The Labute approximate surface area is 111 Å². The van der Waals surface area contributed by atoms with Gasteiger partial charge in [-0.3, -0.25) is 9.59 Å². The second-order valence-corrected chi connectivity index (χ2v) is 4.78. The molecule has 4 heteroatoms. The summed E-state index contributed by atoms with van der Waals surface area (Å²) in [6.07, 6.45) is 5.66. The molecular weight excluding hydrogens is 228 g/mol. The fraction of sp³-hybridized carbons (Fsp3) is 0.857. The third kappa shape index (κ3) is 10.1. The molecular formula is C14H28N2O2. The van der Waals surface area contributed by atoms with Crippen LogP contribution in [-0.2, 0) is 9.59 Å². The first-order valence-electron chi connectivity index (χ1n) is 7.11. The van der Waals surface area contributed by atoms with Crippen LogP contribution in [0.2, 0.25) is 0 Å². The molecule has 2 amide bonds. The molecule has 0 radical (unpaired) electrons. The van der Waals surface area contributed by atoms with Gasteiger partial charge in [0.1, 0.15) is 0 Å². The molecule has 0 rings (SSSR count). The molecule has 0 aliphatic rings. The van der Waals surface area contributed by atoms with Crippen LogP contribution in [-0.4, -0.2) is 24.9 Å². The quantitative estimate of drug-likeness (QED) is 0.589. The van der Waals surface area contributed by atoms with E-state index in [-0.39, 0.29) is 11.8 Å². The zero-order chi connectivity index (χ0) is 13.8. The van der Waals surface area contributed by atoms with Crippen LogP contribution >= 0.6 is 0 Å². The maximum atomic E-state index is 11.5. The molecule has 4 nitrogen and oxygen atoms in total. The molecule has 2 N–H and O–H groups in total. The number of amides is 2.